The minimum absolute atomic E-state index is 0.110. The number of nitrogens with zero attached hydrogens (tertiary/aromatic N) is 1. The Labute approximate surface area is 135 Å². The van der Waals surface area contributed by atoms with E-state index in [0.717, 1.165) is 9.13 Å². The van der Waals surface area contributed by atoms with Gasteiger partial charge in [0.15, 0.2) is 18.1 Å². The molecule has 2 rings (SSSR count). The molecule has 0 aliphatic carbocycles. The second kappa shape index (κ2) is 6.66. The first-order valence-electron chi connectivity index (χ1n) is 6.14. The number of ketones is 1. The van der Waals surface area contributed by atoms with Gasteiger partial charge in [0, 0.05) is 15.2 Å². The Morgan fingerprint density at radius 2 is 1.90 bits per heavy atom. The topological polar surface area (TPSA) is 69.4 Å². The molecule has 0 unspecified atom stereocenters. The van der Waals surface area contributed by atoms with Gasteiger partial charge in [0.1, 0.15) is 0 Å². The molecular weight excluding hydrogens is 385 g/mol. The summed E-state index contributed by atoms with van der Waals surface area (Å²) in [5.41, 5.74) is 1.21. The maximum atomic E-state index is 12.0. The van der Waals surface area contributed by atoms with Crippen molar-refractivity contribution in [3.05, 3.63) is 67.3 Å². The van der Waals surface area contributed by atoms with Crippen LogP contribution in [-0.2, 0) is 0 Å². The average Bonchev–Trinajstić information content (AvgIpc) is 2.45. The molecule has 0 aliphatic rings. The molecule has 0 bridgehead atoms. The van der Waals surface area contributed by atoms with Gasteiger partial charge >= 0.3 is 5.69 Å². The van der Waals surface area contributed by atoms with E-state index in [-0.39, 0.29) is 23.8 Å². The highest BCUT2D eigenvalue weighted by Crippen LogP contribution is 2.27. The summed E-state index contributed by atoms with van der Waals surface area (Å²) < 4.78 is 6.36. The van der Waals surface area contributed by atoms with E-state index in [2.05, 4.69) is 22.6 Å². The Bertz CT molecular complexity index is 683. The molecule has 0 amide bonds. The van der Waals surface area contributed by atoms with E-state index in [1.807, 2.05) is 12.1 Å². The van der Waals surface area contributed by atoms with E-state index in [1.165, 1.54) is 6.07 Å². The van der Waals surface area contributed by atoms with E-state index in [4.69, 9.17) is 4.74 Å². The summed E-state index contributed by atoms with van der Waals surface area (Å²) >= 11 is 2.15. The van der Waals surface area contributed by atoms with E-state index in [0.29, 0.717) is 5.56 Å². The quantitative estimate of drug-likeness (QED) is 0.333. The maximum absolute atomic E-state index is 12.0. The molecule has 0 spiro atoms. The zero-order valence-corrected chi connectivity index (χ0v) is 13.4. The lowest BCUT2D eigenvalue weighted by molar-refractivity contribution is -0.385. The van der Waals surface area contributed by atoms with Crippen molar-refractivity contribution in [3.8, 4) is 5.75 Å². The van der Waals surface area contributed by atoms with Crippen molar-refractivity contribution in [1.82, 2.24) is 0 Å². The number of benzene rings is 2. The zero-order chi connectivity index (χ0) is 15.4. The van der Waals surface area contributed by atoms with Gasteiger partial charge in [0.05, 0.1) is 4.92 Å². The van der Waals surface area contributed by atoms with Gasteiger partial charge in [-0.1, -0.05) is 18.2 Å². The summed E-state index contributed by atoms with van der Waals surface area (Å²) in [4.78, 5) is 22.4. The van der Waals surface area contributed by atoms with Crippen molar-refractivity contribution in [3.63, 3.8) is 0 Å². The fraction of sp³-hybridized carbons (Fsp3) is 0.133. The van der Waals surface area contributed by atoms with Crippen LogP contribution >= 0.6 is 22.6 Å². The van der Waals surface area contributed by atoms with E-state index in [1.54, 1.807) is 31.2 Å². The summed E-state index contributed by atoms with van der Waals surface area (Å²) in [5.74, 6) is -0.110. The molecule has 0 atom stereocenters. The van der Waals surface area contributed by atoms with E-state index in [9.17, 15) is 14.9 Å². The Balaban J connectivity index is 2.12. The van der Waals surface area contributed by atoms with Gasteiger partial charge in [-0.15, -0.1) is 0 Å². The number of aryl methyl sites for hydroxylation is 1. The van der Waals surface area contributed by atoms with Crippen molar-refractivity contribution in [2.45, 2.75) is 6.92 Å². The Hall–Kier alpha value is -1.96. The molecule has 0 saturated heterocycles. The van der Waals surface area contributed by atoms with Crippen molar-refractivity contribution >= 4 is 34.1 Å². The van der Waals surface area contributed by atoms with Gasteiger partial charge in [-0.3, -0.25) is 14.9 Å². The number of hydrogen-bond acceptors (Lipinski definition) is 4. The third kappa shape index (κ3) is 4.01. The fourth-order valence-electron chi connectivity index (χ4n) is 1.75. The number of ether oxygens (including phenoxy) is 1. The number of Topliss-reactive ketones (excluding diaryl/α,β-unsaturated/α-hetero) is 1. The first kappa shape index (κ1) is 15.4. The number of carbonyl (C=O) groups excluding carboxylic acids is 1. The second-order valence-electron chi connectivity index (χ2n) is 4.45. The number of nitro benzene ring substituents is 1. The normalized spacial score (nSPS) is 10.2. The third-order valence-corrected chi connectivity index (χ3v) is 3.56. The molecule has 108 valence electrons. The molecule has 0 aliphatic heterocycles. The van der Waals surface area contributed by atoms with Crippen LogP contribution < -0.4 is 4.74 Å². The molecule has 0 saturated carbocycles. The van der Waals surface area contributed by atoms with Crippen LogP contribution in [0.5, 0.6) is 5.75 Å². The van der Waals surface area contributed by atoms with Gasteiger partial charge in [-0.05, 0) is 53.3 Å². The molecule has 0 heterocycles. The van der Waals surface area contributed by atoms with E-state index >= 15 is 0 Å². The summed E-state index contributed by atoms with van der Waals surface area (Å²) in [6, 6.07) is 11.6. The lowest BCUT2D eigenvalue weighted by atomic mass is 10.1. The fourth-order valence-corrected chi connectivity index (χ4v) is 2.11. The van der Waals surface area contributed by atoms with E-state index < -0.39 is 4.92 Å². The average molecular weight is 397 g/mol. The first-order valence-corrected chi connectivity index (χ1v) is 7.22. The lowest BCUT2D eigenvalue weighted by Crippen LogP contribution is -2.12. The Morgan fingerprint density at radius 1 is 1.24 bits per heavy atom. The number of carbonyl (C=O) groups is 1. The molecule has 0 radical (unpaired) electrons. The minimum atomic E-state index is -0.524. The molecule has 2 aromatic carbocycles. The standard InChI is InChI=1S/C15H12INO4/c1-10-2-7-13(17(19)20)15(8-10)21-9-14(18)11-3-5-12(16)6-4-11/h2-8H,9H2,1H3. The smallest absolute Gasteiger partial charge is 0.310 e. The molecule has 2 aromatic rings. The van der Waals surface area contributed by atoms with Crippen molar-refractivity contribution in [2.24, 2.45) is 0 Å². The molecule has 0 fully saturated rings. The second-order valence-corrected chi connectivity index (χ2v) is 5.69. The molecule has 5 nitrogen and oxygen atoms in total. The van der Waals surface area contributed by atoms with Crippen molar-refractivity contribution < 1.29 is 14.5 Å². The summed E-state index contributed by atoms with van der Waals surface area (Å²) in [6.45, 7) is 1.57. The van der Waals surface area contributed by atoms with Crippen LogP contribution in [0.15, 0.2) is 42.5 Å². The largest absolute Gasteiger partial charge is 0.478 e. The van der Waals surface area contributed by atoms with Crippen LogP contribution in [0.3, 0.4) is 0 Å². The summed E-state index contributed by atoms with van der Waals surface area (Å²) in [6.07, 6.45) is 0. The van der Waals surface area contributed by atoms with Crippen LogP contribution in [0, 0.1) is 20.6 Å². The van der Waals surface area contributed by atoms with Crippen LogP contribution in [0.4, 0.5) is 5.69 Å². The predicted octanol–water partition coefficient (Wildman–Crippen LogP) is 3.77. The van der Waals surface area contributed by atoms with Crippen LogP contribution in [-0.4, -0.2) is 17.3 Å². The zero-order valence-electron chi connectivity index (χ0n) is 11.2. The Kier molecular flexibility index (Phi) is 4.89. The van der Waals surface area contributed by atoms with Gasteiger partial charge in [0.2, 0.25) is 0 Å². The molecule has 6 heteroatoms. The summed E-state index contributed by atoms with van der Waals surface area (Å²) in [7, 11) is 0. The highest BCUT2D eigenvalue weighted by molar-refractivity contribution is 14.1. The molecule has 0 N–H and O–H groups in total. The summed E-state index contributed by atoms with van der Waals surface area (Å²) in [5, 5.41) is 10.9. The lowest BCUT2D eigenvalue weighted by Gasteiger charge is -2.07. The van der Waals surface area contributed by atoms with Crippen molar-refractivity contribution in [1.29, 1.82) is 0 Å². The number of rotatable bonds is 5. The monoisotopic (exact) mass is 397 g/mol. The molecule has 21 heavy (non-hydrogen) atoms. The predicted molar refractivity (Wildman–Crippen MR) is 86.8 cm³/mol. The van der Waals surface area contributed by atoms with Gasteiger partial charge < -0.3 is 4.74 Å². The minimum Gasteiger partial charge on any atom is -0.478 e. The SMILES string of the molecule is Cc1ccc([N+](=O)[O-])c(OCC(=O)c2ccc(I)cc2)c1. The molecular formula is C15H12INO4. The third-order valence-electron chi connectivity index (χ3n) is 2.84. The van der Waals surface area contributed by atoms with Crippen LogP contribution in [0.2, 0.25) is 0 Å². The van der Waals surface area contributed by atoms with Crippen molar-refractivity contribution in [2.75, 3.05) is 6.61 Å². The highest BCUT2D eigenvalue weighted by Gasteiger charge is 2.16. The Morgan fingerprint density at radius 3 is 2.52 bits per heavy atom. The highest BCUT2D eigenvalue weighted by atomic mass is 127. The molecule has 0 aromatic heterocycles. The van der Waals surface area contributed by atoms with Gasteiger partial charge in [0.25, 0.3) is 0 Å². The number of nitro groups is 1. The van der Waals surface area contributed by atoms with Gasteiger partial charge in [-0.2, -0.15) is 0 Å². The number of halogens is 1. The maximum Gasteiger partial charge on any atom is 0.310 e. The van der Waals surface area contributed by atoms with Crippen LogP contribution in [0.25, 0.3) is 0 Å². The van der Waals surface area contributed by atoms with Gasteiger partial charge in [-0.25, -0.2) is 0 Å². The number of hydrogen-bond donors (Lipinski definition) is 0. The van der Waals surface area contributed by atoms with Crippen LogP contribution in [0.1, 0.15) is 15.9 Å². The first-order chi connectivity index (χ1) is 9.97.